The van der Waals surface area contributed by atoms with E-state index >= 15 is 0 Å². The second-order valence-corrected chi connectivity index (χ2v) is 12.7. The van der Waals surface area contributed by atoms with Crippen LogP contribution in [0.5, 0.6) is 0 Å². The van der Waals surface area contributed by atoms with Crippen molar-refractivity contribution in [3.63, 3.8) is 0 Å². The van der Waals surface area contributed by atoms with Crippen molar-refractivity contribution in [3.05, 3.63) is 65.4 Å². The van der Waals surface area contributed by atoms with Gasteiger partial charge in [-0.3, -0.25) is 4.79 Å². The summed E-state index contributed by atoms with van der Waals surface area (Å²) < 4.78 is 2.11. The number of nitrogens with zero attached hydrogens (tertiary/aromatic N) is 1. The molecule has 3 aromatic rings. The molecule has 5 heteroatoms. The number of rotatable bonds is 7. The molecule has 1 aromatic heterocycles. The minimum Gasteiger partial charge on any atom is -0.481 e. The maximum absolute atomic E-state index is 12.1. The molecule has 0 aliphatic carbocycles. The molecule has 2 aromatic carbocycles. The molecule has 0 aliphatic rings. The van der Waals surface area contributed by atoms with Gasteiger partial charge in [-0.15, -0.1) is 11.8 Å². The highest BCUT2D eigenvalue weighted by molar-refractivity contribution is 8.00. The number of benzene rings is 2. The molecular weight excluding hydrogens is 438 g/mol. The van der Waals surface area contributed by atoms with Gasteiger partial charge in [-0.05, 0) is 43.0 Å². The Morgan fingerprint density at radius 1 is 1.03 bits per heavy atom. The van der Waals surface area contributed by atoms with Gasteiger partial charge >= 0.3 is 5.97 Å². The monoisotopic (exact) mass is 471 g/mol. The standard InChI is InChI=1S/C27H34ClNO2S/c1-17(2)19-13-14-21-20(15-19)23(32-26(3,4)5)22(16-27(6,7)25(30)31)29(21)24(28)18-11-9-8-10-12-18/h8-15,17,24H,16H2,1-7H3,(H,30,31). The van der Waals surface area contributed by atoms with E-state index in [9.17, 15) is 9.90 Å². The van der Waals surface area contributed by atoms with E-state index in [-0.39, 0.29) is 4.75 Å². The molecule has 0 amide bonds. The van der Waals surface area contributed by atoms with Crippen LogP contribution in [0, 0.1) is 5.41 Å². The lowest BCUT2D eigenvalue weighted by atomic mass is 9.88. The summed E-state index contributed by atoms with van der Waals surface area (Å²) in [5.41, 5.74) is 2.92. The van der Waals surface area contributed by atoms with Crippen molar-refractivity contribution in [1.82, 2.24) is 4.57 Å². The molecule has 32 heavy (non-hydrogen) atoms. The number of carboxylic acid groups (broad SMARTS) is 1. The quantitative estimate of drug-likeness (QED) is 0.279. The number of carboxylic acids is 1. The van der Waals surface area contributed by atoms with Crippen LogP contribution in [-0.4, -0.2) is 20.4 Å². The predicted octanol–water partition coefficient (Wildman–Crippen LogP) is 8.09. The molecular formula is C27H34ClNO2S. The SMILES string of the molecule is CC(C)c1ccc2c(c1)c(SC(C)(C)C)c(CC(C)(C)C(=O)O)n2C(Cl)c1ccccc1. The number of alkyl halides is 1. The molecule has 0 saturated carbocycles. The van der Waals surface area contributed by atoms with Crippen LogP contribution in [-0.2, 0) is 11.2 Å². The molecule has 0 fully saturated rings. The van der Waals surface area contributed by atoms with Gasteiger partial charge in [-0.25, -0.2) is 0 Å². The third-order valence-electron chi connectivity index (χ3n) is 5.64. The fourth-order valence-corrected chi connectivity index (χ4v) is 5.36. The van der Waals surface area contributed by atoms with E-state index in [2.05, 4.69) is 57.4 Å². The first-order valence-corrected chi connectivity index (χ1v) is 12.4. The molecule has 3 rings (SSSR count). The number of hydrogen-bond donors (Lipinski definition) is 1. The van der Waals surface area contributed by atoms with Crippen LogP contribution in [0.25, 0.3) is 10.9 Å². The normalized spacial score (nSPS) is 13.7. The molecule has 0 saturated heterocycles. The molecule has 0 bridgehead atoms. The predicted molar refractivity (Wildman–Crippen MR) is 137 cm³/mol. The Kier molecular flexibility index (Phi) is 7.07. The van der Waals surface area contributed by atoms with Crippen LogP contribution < -0.4 is 0 Å². The van der Waals surface area contributed by atoms with Crippen molar-refractivity contribution in [2.75, 3.05) is 0 Å². The summed E-state index contributed by atoms with van der Waals surface area (Å²) in [6.07, 6.45) is 0.391. The maximum atomic E-state index is 12.1. The largest absolute Gasteiger partial charge is 0.481 e. The Morgan fingerprint density at radius 2 is 1.66 bits per heavy atom. The first-order chi connectivity index (χ1) is 14.8. The van der Waals surface area contributed by atoms with Crippen LogP contribution in [0.15, 0.2) is 53.4 Å². The third kappa shape index (κ3) is 5.18. The van der Waals surface area contributed by atoms with Gasteiger partial charge in [-0.1, -0.05) is 82.6 Å². The second kappa shape index (κ2) is 9.15. The molecule has 1 atom stereocenters. The van der Waals surface area contributed by atoms with Gasteiger partial charge in [0, 0.05) is 27.1 Å². The van der Waals surface area contributed by atoms with Crippen LogP contribution >= 0.6 is 23.4 Å². The summed E-state index contributed by atoms with van der Waals surface area (Å²) >= 11 is 8.91. The van der Waals surface area contributed by atoms with E-state index in [4.69, 9.17) is 11.6 Å². The fraction of sp³-hybridized carbons (Fsp3) is 0.444. The lowest BCUT2D eigenvalue weighted by Crippen LogP contribution is -2.28. The average molecular weight is 472 g/mol. The van der Waals surface area contributed by atoms with Crippen molar-refractivity contribution in [2.45, 2.75) is 75.9 Å². The van der Waals surface area contributed by atoms with Crippen molar-refractivity contribution in [1.29, 1.82) is 0 Å². The molecule has 0 radical (unpaired) electrons. The van der Waals surface area contributed by atoms with Crippen molar-refractivity contribution >= 4 is 40.2 Å². The third-order valence-corrected chi connectivity index (χ3v) is 7.36. The molecule has 1 unspecified atom stereocenters. The first-order valence-electron chi connectivity index (χ1n) is 11.1. The van der Waals surface area contributed by atoms with E-state index in [1.165, 1.54) is 5.56 Å². The Labute approximate surface area is 201 Å². The van der Waals surface area contributed by atoms with Crippen LogP contribution in [0.3, 0.4) is 0 Å². The van der Waals surface area contributed by atoms with Crippen LogP contribution in [0.4, 0.5) is 0 Å². The summed E-state index contributed by atoms with van der Waals surface area (Å²) in [5, 5.41) is 11.1. The molecule has 1 heterocycles. The van der Waals surface area contributed by atoms with Crippen LogP contribution in [0.1, 0.15) is 76.7 Å². The summed E-state index contributed by atoms with van der Waals surface area (Å²) in [5.74, 6) is -0.412. The van der Waals surface area contributed by atoms with Gasteiger partial charge in [0.2, 0.25) is 0 Å². The minimum atomic E-state index is -0.923. The zero-order valence-corrected chi connectivity index (χ0v) is 21.6. The number of fused-ring (bicyclic) bond motifs is 1. The molecule has 172 valence electrons. The number of aromatic nitrogens is 1. The lowest BCUT2D eigenvalue weighted by Gasteiger charge is -2.25. The smallest absolute Gasteiger partial charge is 0.309 e. The van der Waals surface area contributed by atoms with E-state index in [1.807, 2.05) is 30.3 Å². The van der Waals surface area contributed by atoms with Gasteiger partial charge in [0.1, 0.15) is 5.50 Å². The first kappa shape index (κ1) is 24.7. The molecule has 0 spiro atoms. The Hall–Kier alpha value is -1.91. The topological polar surface area (TPSA) is 42.2 Å². The average Bonchev–Trinajstić information content (AvgIpc) is 2.98. The van der Waals surface area contributed by atoms with Crippen LogP contribution in [0.2, 0.25) is 0 Å². The van der Waals surface area contributed by atoms with Gasteiger partial charge in [0.05, 0.1) is 10.9 Å². The Morgan fingerprint density at radius 3 is 2.19 bits per heavy atom. The van der Waals surface area contributed by atoms with Crippen molar-refractivity contribution in [3.8, 4) is 0 Å². The maximum Gasteiger partial charge on any atom is 0.309 e. The highest BCUT2D eigenvalue weighted by atomic mass is 35.5. The minimum absolute atomic E-state index is 0.0381. The van der Waals surface area contributed by atoms with E-state index in [1.54, 1.807) is 25.6 Å². The highest BCUT2D eigenvalue weighted by Crippen LogP contribution is 2.46. The summed E-state index contributed by atoms with van der Waals surface area (Å²) in [6, 6.07) is 16.6. The zero-order valence-electron chi connectivity index (χ0n) is 20.1. The number of aliphatic carboxylic acids is 1. The van der Waals surface area contributed by atoms with Gasteiger partial charge in [0.15, 0.2) is 0 Å². The number of halogens is 1. The summed E-state index contributed by atoms with van der Waals surface area (Å²) in [7, 11) is 0. The zero-order chi connectivity index (χ0) is 23.8. The van der Waals surface area contributed by atoms with Gasteiger partial charge < -0.3 is 9.67 Å². The lowest BCUT2D eigenvalue weighted by molar-refractivity contribution is -0.146. The Balaban J connectivity index is 2.37. The number of carbonyl (C=O) groups is 1. The summed E-state index contributed by atoms with van der Waals surface area (Å²) in [4.78, 5) is 13.2. The van der Waals surface area contributed by atoms with Crippen molar-refractivity contribution < 1.29 is 9.90 Å². The molecule has 1 N–H and O–H groups in total. The Bertz CT molecular complexity index is 1110. The summed E-state index contributed by atoms with van der Waals surface area (Å²) in [6.45, 7) is 14.5. The number of hydrogen-bond acceptors (Lipinski definition) is 2. The molecule has 0 aliphatic heterocycles. The highest BCUT2D eigenvalue weighted by Gasteiger charge is 2.34. The van der Waals surface area contributed by atoms with E-state index < -0.39 is 16.9 Å². The molecule has 3 nitrogen and oxygen atoms in total. The van der Waals surface area contributed by atoms with E-state index in [0.717, 1.165) is 27.1 Å². The fourth-order valence-electron chi connectivity index (χ4n) is 3.81. The van der Waals surface area contributed by atoms with Gasteiger partial charge in [-0.2, -0.15) is 0 Å². The second-order valence-electron chi connectivity index (χ2n) is 10.4. The van der Waals surface area contributed by atoms with Crippen molar-refractivity contribution in [2.24, 2.45) is 5.41 Å². The van der Waals surface area contributed by atoms with E-state index in [0.29, 0.717) is 12.3 Å². The van der Waals surface area contributed by atoms with Gasteiger partial charge in [0.25, 0.3) is 0 Å². The number of thioether (sulfide) groups is 1.